The number of hydrogen-bond donors (Lipinski definition) is 2. The Morgan fingerprint density at radius 3 is 2.40 bits per heavy atom. The van der Waals surface area contributed by atoms with Gasteiger partial charge in [0.15, 0.2) is 0 Å². The first-order valence-electron chi connectivity index (χ1n) is 6.43. The molecule has 0 spiro atoms. The molecule has 0 aromatic heterocycles. The number of guanidine groups is 1. The van der Waals surface area contributed by atoms with Gasteiger partial charge in [0.2, 0.25) is 5.96 Å². The molecule has 1 heterocycles. The molecule has 0 bridgehead atoms. The van der Waals surface area contributed by atoms with Crippen LogP contribution in [0.4, 0.5) is 13.2 Å². The first kappa shape index (κ1) is 17.0. The molecule has 20 heavy (non-hydrogen) atoms. The maximum absolute atomic E-state index is 12.3. The van der Waals surface area contributed by atoms with Crippen molar-refractivity contribution in [1.29, 1.82) is 0 Å². The van der Waals surface area contributed by atoms with Crippen molar-refractivity contribution < 1.29 is 17.9 Å². The number of hydrazine groups is 1. The van der Waals surface area contributed by atoms with E-state index in [-0.39, 0.29) is 6.04 Å². The molecule has 3 N–H and O–H groups in total. The summed E-state index contributed by atoms with van der Waals surface area (Å²) in [6, 6.07) is -0.0701. The van der Waals surface area contributed by atoms with Crippen molar-refractivity contribution >= 4 is 5.96 Å². The number of nitrogens with one attached hydrogen (secondary N) is 1. The molecule has 0 saturated carbocycles. The number of methoxy groups -OCH3 is 1. The largest absolute Gasteiger partial charge is 0.401 e. The Balaban J connectivity index is 2.50. The van der Waals surface area contributed by atoms with Crippen LogP contribution in [0.3, 0.4) is 0 Å². The zero-order valence-electron chi connectivity index (χ0n) is 11.8. The fourth-order valence-electron chi connectivity index (χ4n) is 2.07. The van der Waals surface area contributed by atoms with Crippen molar-refractivity contribution in [2.24, 2.45) is 10.8 Å². The first-order chi connectivity index (χ1) is 9.35. The van der Waals surface area contributed by atoms with Crippen LogP contribution in [0, 0.1) is 0 Å². The summed E-state index contributed by atoms with van der Waals surface area (Å²) in [5.41, 5.74) is 2.50. The molecule has 1 atom stereocenters. The van der Waals surface area contributed by atoms with Gasteiger partial charge in [0.05, 0.1) is 19.2 Å². The van der Waals surface area contributed by atoms with Crippen molar-refractivity contribution in [3.05, 3.63) is 0 Å². The molecular weight excluding hydrogens is 275 g/mol. The molecule has 0 aliphatic carbocycles. The summed E-state index contributed by atoms with van der Waals surface area (Å²) in [5.74, 6) is 5.91. The summed E-state index contributed by atoms with van der Waals surface area (Å²) >= 11 is 0. The molecular formula is C11H22F3N5O. The zero-order chi connectivity index (χ0) is 15.2. The van der Waals surface area contributed by atoms with Gasteiger partial charge in [-0.2, -0.15) is 13.2 Å². The van der Waals surface area contributed by atoms with E-state index in [1.165, 1.54) is 4.90 Å². The molecule has 0 aromatic carbocycles. The van der Waals surface area contributed by atoms with Crippen LogP contribution in [-0.2, 0) is 4.74 Å². The third kappa shape index (κ3) is 5.93. The van der Waals surface area contributed by atoms with Crippen LogP contribution in [0.2, 0.25) is 0 Å². The monoisotopic (exact) mass is 297 g/mol. The van der Waals surface area contributed by atoms with Crippen molar-refractivity contribution in [3.8, 4) is 0 Å². The molecule has 0 aromatic rings. The quantitative estimate of drug-likeness (QED) is 0.331. The van der Waals surface area contributed by atoms with Crippen molar-refractivity contribution in [2.45, 2.75) is 19.1 Å². The minimum absolute atomic E-state index is 0.0701. The lowest BCUT2D eigenvalue weighted by Crippen LogP contribution is -2.55. The third-order valence-electron chi connectivity index (χ3n) is 2.95. The molecule has 0 amide bonds. The summed E-state index contributed by atoms with van der Waals surface area (Å²) in [5, 5.41) is 0. The highest BCUT2D eigenvalue weighted by molar-refractivity contribution is 5.79. The average molecular weight is 297 g/mol. The van der Waals surface area contributed by atoms with Gasteiger partial charge in [-0.15, -0.1) is 0 Å². The number of rotatable bonds is 4. The van der Waals surface area contributed by atoms with E-state index < -0.39 is 12.7 Å². The first-order valence-corrected chi connectivity index (χ1v) is 6.43. The van der Waals surface area contributed by atoms with E-state index in [9.17, 15) is 13.2 Å². The Bertz CT molecular complexity index is 316. The van der Waals surface area contributed by atoms with E-state index in [0.29, 0.717) is 38.7 Å². The van der Waals surface area contributed by atoms with Gasteiger partial charge < -0.3 is 9.64 Å². The number of alkyl halides is 3. The Labute approximate surface area is 116 Å². The van der Waals surface area contributed by atoms with Gasteiger partial charge >= 0.3 is 6.18 Å². The van der Waals surface area contributed by atoms with Crippen LogP contribution in [0.1, 0.15) is 6.92 Å². The summed E-state index contributed by atoms with van der Waals surface area (Å²) in [4.78, 5) is 7.57. The Morgan fingerprint density at radius 2 is 1.95 bits per heavy atom. The molecule has 1 saturated heterocycles. The third-order valence-corrected chi connectivity index (χ3v) is 2.95. The van der Waals surface area contributed by atoms with Gasteiger partial charge in [0.1, 0.15) is 0 Å². The molecule has 9 heteroatoms. The van der Waals surface area contributed by atoms with E-state index in [0.717, 1.165) is 0 Å². The van der Waals surface area contributed by atoms with Gasteiger partial charge in [-0.25, -0.2) is 10.8 Å². The lowest BCUT2D eigenvalue weighted by Gasteiger charge is -2.36. The van der Waals surface area contributed by atoms with Gasteiger partial charge in [-0.3, -0.25) is 10.3 Å². The smallest absolute Gasteiger partial charge is 0.382 e. The molecule has 1 aliphatic heterocycles. The molecule has 1 unspecified atom stereocenters. The highest BCUT2D eigenvalue weighted by Crippen LogP contribution is 2.17. The summed E-state index contributed by atoms with van der Waals surface area (Å²) < 4.78 is 41.9. The number of halogens is 3. The molecule has 0 radical (unpaired) electrons. The molecule has 1 aliphatic rings. The summed E-state index contributed by atoms with van der Waals surface area (Å²) in [6.07, 6.45) is -4.15. The van der Waals surface area contributed by atoms with Crippen LogP contribution < -0.4 is 11.3 Å². The van der Waals surface area contributed by atoms with Gasteiger partial charge in [0, 0.05) is 33.3 Å². The van der Waals surface area contributed by atoms with Gasteiger partial charge in [0.25, 0.3) is 0 Å². The van der Waals surface area contributed by atoms with E-state index in [1.54, 1.807) is 7.11 Å². The lowest BCUT2D eigenvalue weighted by molar-refractivity contribution is -0.148. The standard InChI is InChI=1S/C11H22F3N5O/c1-9(7-20-2)16-10(17-15)19-5-3-18(4-6-19)8-11(12,13)14/h9H,3-8,15H2,1-2H3,(H,16,17). The number of hydrogen-bond acceptors (Lipinski definition) is 4. The van der Waals surface area contributed by atoms with Crippen molar-refractivity contribution in [2.75, 3.05) is 46.4 Å². The predicted molar refractivity (Wildman–Crippen MR) is 70.2 cm³/mol. The molecule has 1 rings (SSSR count). The van der Waals surface area contributed by atoms with Crippen LogP contribution in [-0.4, -0.2) is 74.4 Å². The minimum Gasteiger partial charge on any atom is -0.382 e. The molecule has 1 fully saturated rings. The maximum atomic E-state index is 12.3. The van der Waals surface area contributed by atoms with Crippen LogP contribution in [0.5, 0.6) is 0 Å². The maximum Gasteiger partial charge on any atom is 0.401 e. The van der Waals surface area contributed by atoms with Gasteiger partial charge in [-0.1, -0.05) is 0 Å². The second-order valence-corrected chi connectivity index (χ2v) is 4.78. The Hall–Kier alpha value is -1.06. The highest BCUT2D eigenvalue weighted by atomic mass is 19.4. The second kappa shape index (κ2) is 7.65. The van der Waals surface area contributed by atoms with Gasteiger partial charge in [-0.05, 0) is 6.92 Å². The van der Waals surface area contributed by atoms with Crippen molar-refractivity contribution in [1.82, 2.24) is 15.2 Å². The predicted octanol–water partition coefficient (Wildman–Crippen LogP) is 0.0205. The Morgan fingerprint density at radius 1 is 1.35 bits per heavy atom. The normalized spacial score (nSPS) is 20.1. The number of piperazine rings is 1. The number of aliphatic imine (C=N–C) groups is 1. The van der Waals surface area contributed by atoms with E-state index >= 15 is 0 Å². The second-order valence-electron chi connectivity index (χ2n) is 4.78. The highest BCUT2D eigenvalue weighted by Gasteiger charge is 2.32. The SMILES string of the molecule is COCC(C)N=C(NN)N1CCN(CC(F)(F)F)CC1. The van der Waals surface area contributed by atoms with E-state index in [1.807, 2.05) is 11.8 Å². The topological polar surface area (TPSA) is 66.1 Å². The Kier molecular flexibility index (Phi) is 6.50. The zero-order valence-corrected chi connectivity index (χ0v) is 11.8. The minimum atomic E-state index is -4.15. The van der Waals surface area contributed by atoms with Crippen LogP contribution in [0.25, 0.3) is 0 Å². The number of ether oxygens (including phenoxy) is 1. The summed E-state index contributed by atoms with van der Waals surface area (Å²) in [6.45, 7) is 3.04. The molecule has 118 valence electrons. The van der Waals surface area contributed by atoms with E-state index in [2.05, 4.69) is 10.4 Å². The van der Waals surface area contributed by atoms with Crippen LogP contribution >= 0.6 is 0 Å². The lowest BCUT2D eigenvalue weighted by atomic mass is 10.3. The fraction of sp³-hybridized carbons (Fsp3) is 0.909. The van der Waals surface area contributed by atoms with Crippen LogP contribution in [0.15, 0.2) is 4.99 Å². The van der Waals surface area contributed by atoms with E-state index in [4.69, 9.17) is 10.6 Å². The fourth-order valence-corrected chi connectivity index (χ4v) is 2.07. The summed E-state index contributed by atoms with van der Waals surface area (Å²) in [7, 11) is 1.58. The average Bonchev–Trinajstić information content (AvgIpc) is 2.35. The van der Waals surface area contributed by atoms with Crippen molar-refractivity contribution in [3.63, 3.8) is 0 Å². The molecule has 6 nitrogen and oxygen atoms in total. The number of nitrogens with two attached hydrogens (primary N) is 1. The number of nitrogens with zero attached hydrogens (tertiary/aromatic N) is 3.